The Morgan fingerprint density at radius 1 is 1.43 bits per heavy atom. The van der Waals surface area contributed by atoms with Gasteiger partial charge in [-0.2, -0.15) is 0 Å². The Balaban J connectivity index is 2.11. The summed E-state index contributed by atoms with van der Waals surface area (Å²) < 4.78 is 5.59. The minimum Gasteiger partial charge on any atom is -0.485 e. The summed E-state index contributed by atoms with van der Waals surface area (Å²) >= 11 is 7.53. The molecular formula is C15H16ClNO3S. The van der Waals surface area contributed by atoms with Crippen molar-refractivity contribution in [3.63, 3.8) is 0 Å². The molecule has 0 aliphatic rings. The molecule has 0 aliphatic carbocycles. The van der Waals surface area contributed by atoms with E-state index >= 15 is 0 Å². The van der Waals surface area contributed by atoms with Gasteiger partial charge in [0, 0.05) is 10.8 Å². The zero-order valence-electron chi connectivity index (χ0n) is 12.0. The average Bonchev–Trinajstić information content (AvgIpc) is 2.86. The van der Waals surface area contributed by atoms with Gasteiger partial charge in [-0.25, -0.2) is 9.78 Å². The summed E-state index contributed by atoms with van der Waals surface area (Å²) in [6.45, 7) is 6.56. The summed E-state index contributed by atoms with van der Waals surface area (Å²) in [6, 6.07) is 4.38. The topological polar surface area (TPSA) is 59.4 Å². The molecule has 6 heteroatoms. The molecule has 1 N–H and O–H groups in total. The molecular weight excluding hydrogens is 310 g/mol. The van der Waals surface area contributed by atoms with Crippen LogP contribution < -0.4 is 4.74 Å². The lowest BCUT2D eigenvalue weighted by Gasteiger charge is -2.14. The van der Waals surface area contributed by atoms with Gasteiger partial charge in [0.05, 0.1) is 16.3 Å². The summed E-state index contributed by atoms with van der Waals surface area (Å²) in [4.78, 5) is 15.5. The fourth-order valence-electron chi connectivity index (χ4n) is 1.61. The van der Waals surface area contributed by atoms with E-state index in [4.69, 9.17) is 21.4 Å². The maximum atomic E-state index is 10.9. The van der Waals surface area contributed by atoms with Gasteiger partial charge < -0.3 is 9.84 Å². The summed E-state index contributed by atoms with van der Waals surface area (Å²) in [6.07, 6.45) is 0. The van der Waals surface area contributed by atoms with E-state index in [0.717, 1.165) is 10.7 Å². The molecule has 0 aliphatic heterocycles. The first kappa shape index (κ1) is 15.8. The van der Waals surface area contributed by atoms with Crippen LogP contribution in [0.5, 0.6) is 5.75 Å². The number of benzene rings is 1. The zero-order valence-corrected chi connectivity index (χ0v) is 13.6. The maximum Gasteiger partial charge on any atom is 0.335 e. The number of hydrogen-bond donors (Lipinski definition) is 1. The molecule has 2 aromatic rings. The van der Waals surface area contributed by atoms with Gasteiger partial charge in [-0.1, -0.05) is 32.4 Å². The van der Waals surface area contributed by atoms with Gasteiger partial charge in [0.15, 0.2) is 0 Å². The van der Waals surface area contributed by atoms with Crippen LogP contribution in [0.3, 0.4) is 0 Å². The first-order chi connectivity index (χ1) is 9.77. The van der Waals surface area contributed by atoms with Gasteiger partial charge in [0.2, 0.25) is 0 Å². The van der Waals surface area contributed by atoms with Crippen LogP contribution in [0.1, 0.15) is 41.8 Å². The standard InChI is InChI=1S/C15H16ClNO3S/c1-15(2,3)12-8-21-13(17-12)7-20-11-6-9(14(18)19)4-5-10(11)16/h4-6,8H,7H2,1-3H3,(H,18,19). The summed E-state index contributed by atoms with van der Waals surface area (Å²) in [5.74, 6) is -0.662. The van der Waals surface area contributed by atoms with E-state index in [0.29, 0.717) is 10.8 Å². The molecule has 0 unspecified atom stereocenters. The van der Waals surface area contributed by atoms with E-state index < -0.39 is 5.97 Å². The van der Waals surface area contributed by atoms with E-state index in [1.165, 1.54) is 29.5 Å². The molecule has 0 atom stereocenters. The quantitative estimate of drug-likeness (QED) is 0.906. The van der Waals surface area contributed by atoms with Crippen LogP contribution in [-0.2, 0) is 12.0 Å². The largest absolute Gasteiger partial charge is 0.485 e. The third-order valence-electron chi connectivity index (χ3n) is 2.85. The van der Waals surface area contributed by atoms with Crippen LogP contribution in [0.4, 0.5) is 0 Å². The first-order valence-electron chi connectivity index (χ1n) is 6.38. The molecule has 0 spiro atoms. The van der Waals surface area contributed by atoms with Crippen LogP contribution in [-0.4, -0.2) is 16.1 Å². The minimum absolute atomic E-state index is 0.00435. The summed E-state index contributed by atoms with van der Waals surface area (Å²) in [7, 11) is 0. The van der Waals surface area contributed by atoms with Gasteiger partial charge in [0.25, 0.3) is 0 Å². The lowest BCUT2D eigenvalue weighted by atomic mass is 9.93. The lowest BCUT2D eigenvalue weighted by molar-refractivity contribution is 0.0696. The predicted octanol–water partition coefficient (Wildman–Crippen LogP) is 4.37. The number of nitrogens with zero attached hydrogens (tertiary/aromatic N) is 1. The molecule has 112 valence electrons. The third kappa shape index (κ3) is 3.95. The van der Waals surface area contributed by atoms with E-state index in [1.807, 2.05) is 5.38 Å². The highest BCUT2D eigenvalue weighted by Crippen LogP contribution is 2.28. The van der Waals surface area contributed by atoms with Crippen molar-refractivity contribution in [2.75, 3.05) is 0 Å². The Morgan fingerprint density at radius 3 is 2.71 bits per heavy atom. The number of carboxylic acids is 1. The van der Waals surface area contributed by atoms with Crippen molar-refractivity contribution in [1.82, 2.24) is 4.98 Å². The molecule has 2 rings (SSSR count). The monoisotopic (exact) mass is 325 g/mol. The van der Waals surface area contributed by atoms with E-state index in [-0.39, 0.29) is 17.6 Å². The molecule has 4 nitrogen and oxygen atoms in total. The van der Waals surface area contributed by atoms with Crippen molar-refractivity contribution in [3.05, 3.63) is 44.9 Å². The normalized spacial score (nSPS) is 11.4. The fourth-order valence-corrected chi connectivity index (χ4v) is 2.71. The van der Waals surface area contributed by atoms with Gasteiger partial charge >= 0.3 is 5.97 Å². The number of aromatic nitrogens is 1. The Labute approximate surface area is 132 Å². The molecule has 0 radical (unpaired) electrons. The van der Waals surface area contributed by atoms with Gasteiger partial charge in [-0.15, -0.1) is 11.3 Å². The first-order valence-corrected chi connectivity index (χ1v) is 7.63. The Morgan fingerprint density at radius 2 is 2.14 bits per heavy atom. The highest BCUT2D eigenvalue weighted by Gasteiger charge is 2.17. The SMILES string of the molecule is CC(C)(C)c1csc(COc2cc(C(=O)O)ccc2Cl)n1. The van der Waals surface area contributed by atoms with Crippen LogP contribution >= 0.6 is 22.9 Å². The molecule has 0 saturated heterocycles. The molecule has 21 heavy (non-hydrogen) atoms. The number of ether oxygens (including phenoxy) is 1. The lowest BCUT2D eigenvalue weighted by Crippen LogP contribution is -2.11. The molecule has 1 aromatic carbocycles. The second-order valence-electron chi connectivity index (χ2n) is 5.62. The molecule has 0 fully saturated rings. The molecule has 0 amide bonds. The van der Waals surface area contributed by atoms with Crippen molar-refractivity contribution in [1.29, 1.82) is 0 Å². The van der Waals surface area contributed by atoms with Gasteiger partial charge in [-0.05, 0) is 18.2 Å². The molecule has 0 saturated carbocycles. The number of halogens is 1. The van der Waals surface area contributed by atoms with Crippen molar-refractivity contribution in [2.24, 2.45) is 0 Å². The zero-order chi connectivity index (χ0) is 15.6. The average molecular weight is 326 g/mol. The van der Waals surface area contributed by atoms with E-state index in [9.17, 15) is 4.79 Å². The van der Waals surface area contributed by atoms with Crippen molar-refractivity contribution in [2.45, 2.75) is 32.8 Å². The Kier molecular flexibility index (Phi) is 4.54. The van der Waals surface area contributed by atoms with Gasteiger partial charge in [0.1, 0.15) is 17.4 Å². The van der Waals surface area contributed by atoms with Crippen LogP contribution in [0.25, 0.3) is 0 Å². The third-order valence-corrected chi connectivity index (χ3v) is 3.98. The Hall–Kier alpha value is -1.59. The smallest absolute Gasteiger partial charge is 0.335 e. The summed E-state index contributed by atoms with van der Waals surface area (Å²) in [5.41, 5.74) is 1.15. The van der Waals surface area contributed by atoms with Gasteiger partial charge in [-0.3, -0.25) is 0 Å². The number of aromatic carboxylic acids is 1. The molecule has 1 heterocycles. The van der Waals surface area contributed by atoms with E-state index in [2.05, 4.69) is 25.8 Å². The van der Waals surface area contributed by atoms with Crippen LogP contribution in [0, 0.1) is 0 Å². The maximum absolute atomic E-state index is 10.9. The van der Waals surface area contributed by atoms with Crippen molar-refractivity contribution < 1.29 is 14.6 Å². The second-order valence-corrected chi connectivity index (χ2v) is 6.97. The number of hydrogen-bond acceptors (Lipinski definition) is 4. The fraction of sp³-hybridized carbons (Fsp3) is 0.333. The van der Waals surface area contributed by atoms with Crippen LogP contribution in [0.15, 0.2) is 23.6 Å². The minimum atomic E-state index is -1.01. The highest BCUT2D eigenvalue weighted by molar-refractivity contribution is 7.09. The second kappa shape index (κ2) is 6.03. The predicted molar refractivity (Wildman–Crippen MR) is 83.6 cm³/mol. The summed E-state index contributed by atoms with van der Waals surface area (Å²) in [5, 5.41) is 12.2. The molecule has 1 aromatic heterocycles. The number of carbonyl (C=O) groups is 1. The van der Waals surface area contributed by atoms with Crippen LogP contribution in [0.2, 0.25) is 5.02 Å². The van der Waals surface area contributed by atoms with Crippen molar-refractivity contribution >= 4 is 28.9 Å². The number of carboxylic acid groups (broad SMARTS) is 1. The van der Waals surface area contributed by atoms with E-state index in [1.54, 1.807) is 0 Å². The number of thiazole rings is 1. The van der Waals surface area contributed by atoms with Crippen molar-refractivity contribution in [3.8, 4) is 5.75 Å². The Bertz CT molecular complexity index is 661. The highest BCUT2D eigenvalue weighted by atomic mass is 35.5. The molecule has 0 bridgehead atoms. The number of rotatable bonds is 4.